The zero-order valence-corrected chi connectivity index (χ0v) is 7.06. The van der Waals surface area contributed by atoms with Crippen LogP contribution in [-0.4, -0.2) is 17.4 Å². The Kier molecular flexibility index (Phi) is 6.23. The molecular formula is C6H13ClS. The molecule has 8 heavy (non-hydrogen) atoms. The standard InChI is InChI=1S/C6H13ClS/c1-6(7)4-3-5-8-2/h6H,3-5H2,1-2H3. The minimum atomic E-state index is 0.363. The highest BCUT2D eigenvalue weighted by molar-refractivity contribution is 7.98. The smallest absolute Gasteiger partial charge is 0.0308 e. The first-order valence-electron chi connectivity index (χ1n) is 2.90. The fraction of sp³-hybridized carbons (Fsp3) is 1.00. The molecule has 2 heteroatoms. The number of halogens is 1. The largest absolute Gasteiger partial charge is 0.165 e. The van der Waals surface area contributed by atoms with E-state index in [1.165, 1.54) is 12.2 Å². The van der Waals surface area contributed by atoms with Crippen molar-refractivity contribution in [2.75, 3.05) is 12.0 Å². The third-order valence-corrected chi connectivity index (χ3v) is 1.87. The zero-order valence-electron chi connectivity index (χ0n) is 5.48. The number of hydrogen-bond acceptors (Lipinski definition) is 1. The number of alkyl halides is 1. The van der Waals surface area contributed by atoms with Crippen molar-refractivity contribution in [2.45, 2.75) is 25.1 Å². The maximum absolute atomic E-state index is 5.70. The van der Waals surface area contributed by atoms with Gasteiger partial charge in [0.15, 0.2) is 0 Å². The fourth-order valence-corrected chi connectivity index (χ4v) is 1.12. The molecule has 0 aliphatic heterocycles. The number of thioether (sulfide) groups is 1. The topological polar surface area (TPSA) is 0 Å². The van der Waals surface area contributed by atoms with E-state index in [1.807, 2.05) is 18.7 Å². The van der Waals surface area contributed by atoms with Gasteiger partial charge in [-0.2, -0.15) is 11.8 Å². The van der Waals surface area contributed by atoms with Crippen LogP contribution < -0.4 is 0 Å². The fourth-order valence-electron chi connectivity index (χ4n) is 0.509. The molecular weight excluding hydrogens is 140 g/mol. The summed E-state index contributed by atoms with van der Waals surface area (Å²) in [6.45, 7) is 2.04. The lowest BCUT2D eigenvalue weighted by Crippen LogP contribution is -1.90. The van der Waals surface area contributed by atoms with Crippen molar-refractivity contribution in [3.05, 3.63) is 0 Å². The van der Waals surface area contributed by atoms with E-state index in [-0.39, 0.29) is 0 Å². The Labute approximate surface area is 61.0 Å². The van der Waals surface area contributed by atoms with Crippen molar-refractivity contribution in [1.82, 2.24) is 0 Å². The van der Waals surface area contributed by atoms with E-state index in [4.69, 9.17) is 11.6 Å². The van der Waals surface area contributed by atoms with Gasteiger partial charge in [-0.15, -0.1) is 11.6 Å². The lowest BCUT2D eigenvalue weighted by Gasteiger charge is -1.98. The van der Waals surface area contributed by atoms with Gasteiger partial charge in [-0.3, -0.25) is 0 Å². The van der Waals surface area contributed by atoms with E-state index in [2.05, 4.69) is 6.26 Å². The Hall–Kier alpha value is 0.640. The van der Waals surface area contributed by atoms with Gasteiger partial charge in [0.25, 0.3) is 0 Å². The number of rotatable bonds is 4. The van der Waals surface area contributed by atoms with Crippen LogP contribution in [-0.2, 0) is 0 Å². The molecule has 0 aromatic carbocycles. The minimum Gasteiger partial charge on any atom is -0.165 e. The summed E-state index contributed by atoms with van der Waals surface area (Å²) in [5, 5.41) is 0.363. The van der Waals surface area contributed by atoms with Gasteiger partial charge in [0.05, 0.1) is 0 Å². The van der Waals surface area contributed by atoms with Crippen LogP contribution in [0.25, 0.3) is 0 Å². The molecule has 0 radical (unpaired) electrons. The first-order valence-corrected chi connectivity index (χ1v) is 4.73. The Morgan fingerprint density at radius 3 is 2.62 bits per heavy atom. The lowest BCUT2D eigenvalue weighted by atomic mass is 10.3. The maximum Gasteiger partial charge on any atom is 0.0308 e. The molecule has 0 saturated heterocycles. The van der Waals surface area contributed by atoms with Crippen molar-refractivity contribution in [3.8, 4) is 0 Å². The molecule has 0 N–H and O–H groups in total. The average Bonchev–Trinajstić information content (AvgIpc) is 1.66. The van der Waals surface area contributed by atoms with Crippen LogP contribution >= 0.6 is 23.4 Å². The summed E-state index contributed by atoms with van der Waals surface area (Å²) < 4.78 is 0. The van der Waals surface area contributed by atoms with Crippen molar-refractivity contribution in [2.24, 2.45) is 0 Å². The quantitative estimate of drug-likeness (QED) is 0.441. The van der Waals surface area contributed by atoms with E-state index in [0.717, 1.165) is 6.42 Å². The molecule has 0 amide bonds. The second kappa shape index (κ2) is 5.77. The molecule has 0 aromatic rings. The molecule has 0 rings (SSSR count). The maximum atomic E-state index is 5.70. The van der Waals surface area contributed by atoms with Gasteiger partial charge in [-0.25, -0.2) is 0 Å². The molecule has 1 unspecified atom stereocenters. The lowest BCUT2D eigenvalue weighted by molar-refractivity contribution is 0.787. The van der Waals surface area contributed by atoms with Crippen LogP contribution in [0.4, 0.5) is 0 Å². The predicted octanol–water partition coefficient (Wildman–Crippen LogP) is 2.76. The summed E-state index contributed by atoms with van der Waals surface area (Å²) in [7, 11) is 0. The number of hydrogen-bond donors (Lipinski definition) is 0. The third kappa shape index (κ3) is 6.64. The first-order chi connectivity index (χ1) is 3.77. The van der Waals surface area contributed by atoms with Gasteiger partial charge < -0.3 is 0 Å². The molecule has 0 fully saturated rings. The van der Waals surface area contributed by atoms with E-state index in [0.29, 0.717) is 5.38 Å². The van der Waals surface area contributed by atoms with Gasteiger partial charge in [-0.1, -0.05) is 0 Å². The van der Waals surface area contributed by atoms with Crippen LogP contribution in [0.2, 0.25) is 0 Å². The van der Waals surface area contributed by atoms with E-state index in [9.17, 15) is 0 Å². The molecule has 0 aliphatic rings. The van der Waals surface area contributed by atoms with Crippen molar-refractivity contribution >= 4 is 23.4 Å². The Balaban J connectivity index is 2.72. The second-order valence-corrected chi connectivity index (χ2v) is 3.65. The van der Waals surface area contributed by atoms with Gasteiger partial charge >= 0.3 is 0 Å². The van der Waals surface area contributed by atoms with Crippen LogP contribution in [0.5, 0.6) is 0 Å². The average molecular weight is 153 g/mol. The van der Waals surface area contributed by atoms with E-state index < -0.39 is 0 Å². The highest BCUT2D eigenvalue weighted by atomic mass is 35.5. The van der Waals surface area contributed by atoms with Crippen LogP contribution in [0.1, 0.15) is 19.8 Å². The molecule has 0 nitrogen and oxygen atoms in total. The van der Waals surface area contributed by atoms with Crippen molar-refractivity contribution < 1.29 is 0 Å². The SMILES string of the molecule is CSCCCC(C)Cl. The zero-order chi connectivity index (χ0) is 6.41. The van der Waals surface area contributed by atoms with Crippen molar-refractivity contribution in [1.29, 1.82) is 0 Å². The minimum absolute atomic E-state index is 0.363. The Morgan fingerprint density at radius 1 is 1.62 bits per heavy atom. The molecule has 0 bridgehead atoms. The molecule has 0 aliphatic carbocycles. The summed E-state index contributed by atoms with van der Waals surface area (Å²) in [5.41, 5.74) is 0. The highest BCUT2D eigenvalue weighted by Gasteiger charge is 1.93. The van der Waals surface area contributed by atoms with Crippen LogP contribution in [0.3, 0.4) is 0 Å². The summed E-state index contributed by atoms with van der Waals surface area (Å²) in [4.78, 5) is 0. The van der Waals surface area contributed by atoms with Gasteiger partial charge in [0.1, 0.15) is 0 Å². The predicted molar refractivity (Wildman–Crippen MR) is 42.9 cm³/mol. The summed E-state index contributed by atoms with van der Waals surface area (Å²) in [6.07, 6.45) is 4.53. The van der Waals surface area contributed by atoms with Gasteiger partial charge in [-0.05, 0) is 31.8 Å². The summed E-state index contributed by atoms with van der Waals surface area (Å²) >= 11 is 7.59. The summed E-state index contributed by atoms with van der Waals surface area (Å²) in [5.74, 6) is 1.25. The molecule has 1 atom stereocenters. The summed E-state index contributed by atoms with van der Waals surface area (Å²) in [6, 6.07) is 0. The second-order valence-electron chi connectivity index (χ2n) is 1.92. The molecule has 0 aromatic heterocycles. The monoisotopic (exact) mass is 152 g/mol. The van der Waals surface area contributed by atoms with Crippen molar-refractivity contribution in [3.63, 3.8) is 0 Å². The Bertz CT molecular complexity index is 45.8. The molecule has 0 saturated carbocycles. The molecule has 0 spiro atoms. The highest BCUT2D eigenvalue weighted by Crippen LogP contribution is 2.06. The molecule has 0 heterocycles. The van der Waals surface area contributed by atoms with E-state index in [1.54, 1.807) is 0 Å². The van der Waals surface area contributed by atoms with E-state index >= 15 is 0 Å². The normalized spacial score (nSPS) is 13.9. The molecule has 50 valence electrons. The Morgan fingerprint density at radius 2 is 2.25 bits per heavy atom. The van der Waals surface area contributed by atoms with Crippen LogP contribution in [0, 0.1) is 0 Å². The van der Waals surface area contributed by atoms with Gasteiger partial charge in [0.2, 0.25) is 0 Å². The van der Waals surface area contributed by atoms with Gasteiger partial charge in [0, 0.05) is 5.38 Å². The van der Waals surface area contributed by atoms with Crippen LogP contribution in [0.15, 0.2) is 0 Å². The third-order valence-electron chi connectivity index (χ3n) is 0.950. The first kappa shape index (κ1) is 8.64.